The van der Waals surface area contributed by atoms with Gasteiger partial charge >= 0.3 is 0 Å². The van der Waals surface area contributed by atoms with E-state index in [4.69, 9.17) is 0 Å². The van der Waals surface area contributed by atoms with E-state index in [1.54, 1.807) is 25.3 Å². The molecule has 106 valence electrons. The number of nitro benzene ring substituents is 1. The number of aromatic nitrogens is 1. The first-order chi connectivity index (χ1) is 9.43. The highest BCUT2D eigenvalue weighted by Crippen LogP contribution is 2.35. The van der Waals surface area contributed by atoms with Crippen LogP contribution in [-0.2, 0) is 0 Å². The quantitative estimate of drug-likeness (QED) is 0.685. The van der Waals surface area contributed by atoms with Gasteiger partial charge < -0.3 is 5.11 Å². The van der Waals surface area contributed by atoms with Gasteiger partial charge in [0.05, 0.1) is 11.0 Å². The summed E-state index contributed by atoms with van der Waals surface area (Å²) in [6, 6.07) is 6.79. The Morgan fingerprint density at radius 2 is 1.95 bits per heavy atom. The van der Waals surface area contributed by atoms with E-state index < -0.39 is 11.0 Å². The maximum Gasteiger partial charge on any atom is 0.295 e. The monoisotopic (exact) mass is 274 g/mol. The molecule has 2 unspecified atom stereocenters. The molecule has 1 heterocycles. The van der Waals surface area contributed by atoms with Crippen LogP contribution in [0, 0.1) is 16.0 Å². The Balaban J connectivity index is 2.73. The van der Waals surface area contributed by atoms with Crippen LogP contribution in [0.1, 0.15) is 32.3 Å². The maximum atomic E-state index is 11.1. The van der Waals surface area contributed by atoms with Crippen LogP contribution in [0.5, 0.6) is 0 Å². The number of non-ortho nitro benzene ring substituents is 1. The zero-order chi connectivity index (χ0) is 14.9. The minimum absolute atomic E-state index is 0.00236. The fraction of sp³-hybridized carbons (Fsp3) is 0.400. The lowest BCUT2D eigenvalue weighted by molar-refractivity contribution is -0.383. The van der Waals surface area contributed by atoms with Crippen molar-refractivity contribution >= 4 is 16.6 Å². The van der Waals surface area contributed by atoms with E-state index in [9.17, 15) is 15.2 Å². The lowest BCUT2D eigenvalue weighted by Gasteiger charge is -2.25. The number of pyridine rings is 1. The highest BCUT2D eigenvalue weighted by molar-refractivity contribution is 5.90. The number of hydrogen-bond donors (Lipinski definition) is 1. The van der Waals surface area contributed by atoms with E-state index in [1.807, 2.05) is 19.9 Å². The van der Waals surface area contributed by atoms with Crippen LogP contribution in [0.25, 0.3) is 10.9 Å². The third-order valence-corrected chi connectivity index (χ3v) is 3.58. The number of nitro groups is 1. The van der Waals surface area contributed by atoms with Gasteiger partial charge in [0.25, 0.3) is 5.69 Å². The molecule has 1 aromatic carbocycles. The van der Waals surface area contributed by atoms with Gasteiger partial charge in [-0.15, -0.1) is 0 Å². The third-order valence-electron chi connectivity index (χ3n) is 3.58. The van der Waals surface area contributed by atoms with E-state index in [0.717, 1.165) is 10.9 Å². The fourth-order valence-corrected chi connectivity index (χ4v) is 2.79. The van der Waals surface area contributed by atoms with Crippen LogP contribution in [0.2, 0.25) is 0 Å². The molecule has 2 aromatic rings. The molecule has 0 aliphatic heterocycles. The number of fused-ring (bicyclic) bond motifs is 1. The molecule has 0 aliphatic carbocycles. The Bertz CT molecular complexity index is 630. The minimum atomic E-state index is -0.528. The molecule has 1 N–H and O–H groups in total. The Kier molecular flexibility index (Phi) is 3.99. The standard InChI is InChI=1S/C15H18N2O3/c1-9(2)14(10(3)18)11-6-7-13(17(19)20)15-12(11)5-4-8-16-15/h4-10,14,18H,1-3H3. The van der Waals surface area contributed by atoms with Gasteiger partial charge in [0.2, 0.25) is 0 Å². The van der Waals surface area contributed by atoms with Crippen molar-refractivity contribution in [3.05, 3.63) is 46.1 Å². The number of nitrogens with zero attached hydrogens (tertiary/aromatic N) is 2. The summed E-state index contributed by atoms with van der Waals surface area (Å²) in [5.41, 5.74) is 1.28. The summed E-state index contributed by atoms with van der Waals surface area (Å²) in [6.07, 6.45) is 1.02. The number of aliphatic hydroxyl groups is 1. The normalized spacial score (nSPS) is 14.4. The van der Waals surface area contributed by atoms with Gasteiger partial charge in [-0.2, -0.15) is 0 Å². The van der Waals surface area contributed by atoms with Gasteiger partial charge in [0.1, 0.15) is 5.52 Å². The molecule has 2 atom stereocenters. The smallest absolute Gasteiger partial charge is 0.295 e. The number of aliphatic hydroxyl groups excluding tert-OH is 1. The van der Waals surface area contributed by atoms with Crippen molar-refractivity contribution in [1.29, 1.82) is 0 Å². The summed E-state index contributed by atoms with van der Waals surface area (Å²) in [7, 11) is 0. The second-order valence-electron chi connectivity index (χ2n) is 5.34. The summed E-state index contributed by atoms with van der Waals surface area (Å²) in [6.45, 7) is 5.80. The molecule has 0 spiro atoms. The van der Waals surface area contributed by atoms with Gasteiger partial charge in [-0.3, -0.25) is 10.1 Å². The average Bonchev–Trinajstić information content (AvgIpc) is 2.37. The first kappa shape index (κ1) is 14.4. The summed E-state index contributed by atoms with van der Waals surface area (Å²) >= 11 is 0. The zero-order valence-electron chi connectivity index (χ0n) is 11.8. The van der Waals surface area contributed by atoms with Crippen LogP contribution in [-0.4, -0.2) is 21.1 Å². The molecule has 0 bridgehead atoms. The lowest BCUT2D eigenvalue weighted by Crippen LogP contribution is -2.20. The van der Waals surface area contributed by atoms with Crippen LogP contribution in [0.4, 0.5) is 5.69 Å². The van der Waals surface area contributed by atoms with E-state index in [0.29, 0.717) is 5.52 Å². The number of hydrogen-bond acceptors (Lipinski definition) is 4. The number of benzene rings is 1. The van der Waals surface area contributed by atoms with Crippen LogP contribution >= 0.6 is 0 Å². The molecule has 0 radical (unpaired) electrons. The maximum absolute atomic E-state index is 11.1. The lowest BCUT2D eigenvalue weighted by atomic mass is 9.82. The molecule has 0 amide bonds. The Labute approximate surface area is 117 Å². The van der Waals surface area contributed by atoms with E-state index in [-0.39, 0.29) is 17.5 Å². The second kappa shape index (κ2) is 5.54. The van der Waals surface area contributed by atoms with E-state index >= 15 is 0 Å². The third kappa shape index (κ3) is 2.49. The van der Waals surface area contributed by atoms with Crippen molar-refractivity contribution < 1.29 is 10.0 Å². The molecular formula is C15H18N2O3. The van der Waals surface area contributed by atoms with E-state index in [1.165, 1.54) is 6.07 Å². The van der Waals surface area contributed by atoms with Crippen LogP contribution in [0.15, 0.2) is 30.5 Å². The topological polar surface area (TPSA) is 76.3 Å². The Hall–Kier alpha value is -2.01. The summed E-state index contributed by atoms with van der Waals surface area (Å²) in [5, 5.41) is 21.8. The molecule has 2 rings (SSSR count). The molecule has 20 heavy (non-hydrogen) atoms. The number of rotatable bonds is 4. The fourth-order valence-electron chi connectivity index (χ4n) is 2.79. The van der Waals surface area contributed by atoms with Crippen molar-refractivity contribution in [2.45, 2.75) is 32.8 Å². The average molecular weight is 274 g/mol. The van der Waals surface area contributed by atoms with Crippen molar-refractivity contribution in [2.75, 3.05) is 0 Å². The van der Waals surface area contributed by atoms with Crippen molar-refractivity contribution in [3.63, 3.8) is 0 Å². The molecule has 1 aromatic heterocycles. The van der Waals surface area contributed by atoms with Gasteiger partial charge in [0.15, 0.2) is 0 Å². The first-order valence-corrected chi connectivity index (χ1v) is 6.63. The molecule has 5 nitrogen and oxygen atoms in total. The molecular weight excluding hydrogens is 256 g/mol. The minimum Gasteiger partial charge on any atom is -0.393 e. The molecule has 0 aliphatic rings. The molecule has 0 fully saturated rings. The highest BCUT2D eigenvalue weighted by atomic mass is 16.6. The highest BCUT2D eigenvalue weighted by Gasteiger charge is 2.25. The van der Waals surface area contributed by atoms with E-state index in [2.05, 4.69) is 4.98 Å². The Morgan fingerprint density at radius 1 is 1.25 bits per heavy atom. The SMILES string of the molecule is CC(C)C(c1ccc([N+](=O)[O-])c2ncccc12)C(C)O. The predicted molar refractivity (Wildman–Crippen MR) is 77.7 cm³/mol. The summed E-state index contributed by atoms with van der Waals surface area (Å²) in [5.74, 6) is 0.141. The van der Waals surface area contributed by atoms with Gasteiger partial charge in [-0.05, 0) is 24.5 Å². The Morgan fingerprint density at radius 3 is 2.50 bits per heavy atom. The van der Waals surface area contributed by atoms with Crippen molar-refractivity contribution in [1.82, 2.24) is 4.98 Å². The summed E-state index contributed by atoms with van der Waals surface area (Å²) < 4.78 is 0. The van der Waals surface area contributed by atoms with Crippen LogP contribution < -0.4 is 0 Å². The van der Waals surface area contributed by atoms with Gasteiger partial charge in [-0.25, -0.2) is 4.98 Å². The van der Waals surface area contributed by atoms with Gasteiger partial charge in [-0.1, -0.05) is 26.0 Å². The largest absolute Gasteiger partial charge is 0.393 e. The molecule has 0 saturated heterocycles. The van der Waals surface area contributed by atoms with Gasteiger partial charge in [0, 0.05) is 23.6 Å². The van der Waals surface area contributed by atoms with Crippen molar-refractivity contribution in [2.24, 2.45) is 5.92 Å². The molecule has 0 saturated carbocycles. The predicted octanol–water partition coefficient (Wildman–Crippen LogP) is 3.26. The molecule has 5 heteroatoms. The first-order valence-electron chi connectivity index (χ1n) is 6.63. The van der Waals surface area contributed by atoms with Crippen LogP contribution in [0.3, 0.4) is 0 Å². The van der Waals surface area contributed by atoms with Crippen molar-refractivity contribution in [3.8, 4) is 0 Å². The second-order valence-corrected chi connectivity index (χ2v) is 5.34. The zero-order valence-corrected chi connectivity index (χ0v) is 11.8. The summed E-state index contributed by atoms with van der Waals surface area (Å²) in [4.78, 5) is 14.8.